The van der Waals surface area contributed by atoms with Crippen molar-refractivity contribution in [3.05, 3.63) is 10.2 Å². The second-order valence-corrected chi connectivity index (χ2v) is 7.00. The van der Waals surface area contributed by atoms with Crippen LogP contribution in [0.2, 0.25) is 10.2 Å². The molecule has 0 atom stereocenters. The molecule has 0 saturated carbocycles. The molecule has 1 aromatic rings. The topological polar surface area (TPSA) is 36.3 Å². The van der Waals surface area contributed by atoms with Crippen LogP contribution in [0.4, 0.5) is 0 Å². The van der Waals surface area contributed by atoms with Crippen LogP contribution in [0.1, 0.15) is 13.8 Å². The van der Waals surface area contributed by atoms with Crippen LogP contribution < -0.4 is 5.44 Å². The molecule has 0 aliphatic heterocycles. The third kappa shape index (κ3) is 2.78. The Bertz CT molecular complexity index is 414. The Morgan fingerprint density at radius 1 is 1.31 bits per heavy atom. The van der Waals surface area contributed by atoms with Gasteiger partial charge in [0, 0.05) is 7.05 Å². The van der Waals surface area contributed by atoms with Crippen molar-refractivity contribution in [1.29, 1.82) is 0 Å². The average molecular weight is 303 g/mol. The van der Waals surface area contributed by atoms with Gasteiger partial charge in [0.05, 0.1) is 13.2 Å². The molecule has 0 aromatic carbocycles. The monoisotopic (exact) mass is 302 g/mol. The molecule has 1 rings (SSSR count). The number of nitrogens with zero attached hydrogens (tertiary/aromatic N) is 2. The van der Waals surface area contributed by atoms with Crippen LogP contribution in [-0.2, 0) is 27.9 Å². The third-order valence-electron chi connectivity index (χ3n) is 1.76. The Morgan fingerprint density at radius 3 is 2.12 bits per heavy atom. The molecule has 0 aliphatic carbocycles. The second kappa shape index (κ2) is 5.80. The van der Waals surface area contributed by atoms with Gasteiger partial charge in [-0.3, -0.25) is 4.68 Å². The molecule has 0 fully saturated rings. The predicted octanol–water partition coefficient (Wildman–Crippen LogP) is 2.73. The maximum absolute atomic E-state index is 6.06. The van der Waals surface area contributed by atoms with Gasteiger partial charge in [-0.1, -0.05) is 23.2 Å². The maximum Gasteiger partial charge on any atom is 0.241 e. The van der Waals surface area contributed by atoms with Gasteiger partial charge in [0.25, 0.3) is 0 Å². The van der Waals surface area contributed by atoms with Crippen molar-refractivity contribution < 1.29 is 9.05 Å². The summed E-state index contributed by atoms with van der Waals surface area (Å²) in [6.45, 7) is 1.95. The Morgan fingerprint density at radius 2 is 1.81 bits per heavy atom. The van der Waals surface area contributed by atoms with Crippen molar-refractivity contribution in [3.8, 4) is 0 Å². The minimum Gasteiger partial charge on any atom is -0.325 e. The van der Waals surface area contributed by atoms with Gasteiger partial charge in [-0.15, -0.1) is 0 Å². The lowest BCUT2D eigenvalue weighted by atomic mass is 10.7. The van der Waals surface area contributed by atoms with Gasteiger partial charge in [-0.2, -0.15) is 5.10 Å². The van der Waals surface area contributed by atoms with Crippen molar-refractivity contribution in [3.63, 3.8) is 0 Å². The first-order valence-corrected chi connectivity index (χ1v) is 8.13. The van der Waals surface area contributed by atoms with Crippen molar-refractivity contribution in [2.45, 2.75) is 13.8 Å². The van der Waals surface area contributed by atoms with E-state index in [0.717, 1.165) is 0 Å². The largest absolute Gasteiger partial charge is 0.325 e. The molecule has 0 spiro atoms. The summed E-state index contributed by atoms with van der Waals surface area (Å²) < 4.78 is 12.4. The lowest BCUT2D eigenvalue weighted by Gasteiger charge is -2.18. The molecule has 0 radical (unpaired) electrons. The van der Waals surface area contributed by atoms with Crippen LogP contribution in [0.15, 0.2) is 0 Å². The van der Waals surface area contributed by atoms with E-state index in [1.54, 1.807) is 7.05 Å². The number of aryl methyl sites for hydroxylation is 1. The number of aromatic nitrogens is 2. The van der Waals surface area contributed by atoms with Crippen LogP contribution in [0, 0.1) is 0 Å². The number of hydrogen-bond donors (Lipinski definition) is 0. The average Bonchev–Trinajstić information content (AvgIpc) is 2.47. The van der Waals surface area contributed by atoms with Crippen molar-refractivity contribution in [1.82, 2.24) is 9.78 Å². The normalized spacial score (nSPS) is 12.1. The van der Waals surface area contributed by atoms with Crippen LogP contribution in [0.25, 0.3) is 0 Å². The summed E-state index contributed by atoms with van der Waals surface area (Å²) in [5.41, 5.74) is 0.431. The van der Waals surface area contributed by atoms with E-state index < -0.39 is 6.49 Å². The molecule has 0 bridgehead atoms. The van der Waals surface area contributed by atoms with Crippen LogP contribution in [-0.4, -0.2) is 23.0 Å². The highest BCUT2D eigenvalue weighted by atomic mass is 35.5. The Kier molecular flexibility index (Phi) is 5.23. The summed E-state index contributed by atoms with van der Waals surface area (Å²) >= 11 is 17.4. The van der Waals surface area contributed by atoms with Gasteiger partial charge < -0.3 is 9.05 Å². The van der Waals surface area contributed by atoms with Gasteiger partial charge in [0.15, 0.2) is 5.44 Å². The minimum atomic E-state index is -2.63. The van der Waals surface area contributed by atoms with E-state index in [-0.39, 0.29) is 0 Å². The number of halogens is 2. The Labute approximate surface area is 110 Å². The summed E-state index contributed by atoms with van der Waals surface area (Å²) in [5.74, 6) is 0. The molecule has 16 heavy (non-hydrogen) atoms. The fraction of sp³-hybridized carbons (Fsp3) is 0.625. The second-order valence-electron chi connectivity index (χ2n) is 2.89. The molecular formula is C8H13Cl2N2O2PS. The molecule has 8 heteroatoms. The molecule has 1 heterocycles. The van der Waals surface area contributed by atoms with Gasteiger partial charge in [-0.25, -0.2) is 0 Å². The zero-order valence-electron chi connectivity index (χ0n) is 9.24. The lowest BCUT2D eigenvalue weighted by Crippen LogP contribution is -2.13. The molecule has 0 amide bonds. The predicted molar refractivity (Wildman–Crippen MR) is 70.4 cm³/mol. The van der Waals surface area contributed by atoms with E-state index in [1.807, 2.05) is 13.8 Å². The first-order valence-electron chi connectivity index (χ1n) is 4.74. The summed E-state index contributed by atoms with van der Waals surface area (Å²) in [6, 6.07) is 0. The highest BCUT2D eigenvalue weighted by Crippen LogP contribution is 2.49. The van der Waals surface area contributed by atoms with Crippen LogP contribution >= 0.6 is 29.7 Å². The Balaban J connectivity index is 3.21. The SMILES string of the molecule is CCOP(=S)(OCC)c1nn(C)c(Cl)c1Cl. The molecule has 4 nitrogen and oxygen atoms in total. The molecule has 1 aromatic heterocycles. The van der Waals surface area contributed by atoms with E-state index in [2.05, 4.69) is 5.10 Å². The highest BCUT2D eigenvalue weighted by molar-refractivity contribution is 8.13. The van der Waals surface area contributed by atoms with Gasteiger partial charge in [0.1, 0.15) is 10.2 Å². The van der Waals surface area contributed by atoms with E-state index >= 15 is 0 Å². The van der Waals surface area contributed by atoms with E-state index in [4.69, 9.17) is 44.1 Å². The van der Waals surface area contributed by atoms with Crippen molar-refractivity contribution in [2.75, 3.05) is 13.2 Å². The van der Waals surface area contributed by atoms with Gasteiger partial charge in [0.2, 0.25) is 6.49 Å². The van der Waals surface area contributed by atoms with Crippen LogP contribution in [0.5, 0.6) is 0 Å². The molecule has 0 unspecified atom stereocenters. The number of rotatable bonds is 5. The van der Waals surface area contributed by atoms with Gasteiger partial charge >= 0.3 is 0 Å². The molecule has 92 valence electrons. The molecular weight excluding hydrogens is 290 g/mol. The molecule has 0 N–H and O–H groups in total. The third-order valence-corrected chi connectivity index (χ3v) is 5.96. The zero-order valence-corrected chi connectivity index (χ0v) is 12.5. The van der Waals surface area contributed by atoms with E-state index in [0.29, 0.717) is 28.8 Å². The fourth-order valence-corrected chi connectivity index (χ4v) is 4.58. The standard InChI is InChI=1S/C8H13Cl2N2O2PS/c1-4-13-15(16,14-5-2)8-6(9)7(10)12(3)11-8/h4-5H2,1-3H3. The summed E-state index contributed by atoms with van der Waals surface area (Å²) in [4.78, 5) is 0. The van der Waals surface area contributed by atoms with E-state index in [9.17, 15) is 0 Å². The summed E-state index contributed by atoms with van der Waals surface area (Å²) in [7, 11) is 1.69. The zero-order chi connectivity index (χ0) is 12.3. The van der Waals surface area contributed by atoms with E-state index in [1.165, 1.54) is 4.68 Å². The summed E-state index contributed by atoms with van der Waals surface area (Å²) in [5, 5.41) is 4.82. The smallest absolute Gasteiger partial charge is 0.241 e. The van der Waals surface area contributed by atoms with Crippen molar-refractivity contribution in [2.24, 2.45) is 7.05 Å². The maximum atomic E-state index is 6.06. The van der Waals surface area contributed by atoms with Crippen LogP contribution in [0.3, 0.4) is 0 Å². The molecule has 0 saturated heterocycles. The van der Waals surface area contributed by atoms with Gasteiger partial charge in [-0.05, 0) is 25.7 Å². The Hall–Kier alpha value is 0.360. The first kappa shape index (κ1) is 14.4. The number of hydrogen-bond acceptors (Lipinski definition) is 4. The molecule has 0 aliphatic rings. The quantitative estimate of drug-likeness (QED) is 0.784. The van der Waals surface area contributed by atoms with Crippen molar-refractivity contribution >= 4 is 46.9 Å². The highest BCUT2D eigenvalue weighted by Gasteiger charge is 2.29. The fourth-order valence-electron chi connectivity index (χ4n) is 1.14. The minimum absolute atomic E-state index is 0.314. The first-order chi connectivity index (χ1) is 7.46. The lowest BCUT2D eigenvalue weighted by molar-refractivity contribution is 0.274. The summed E-state index contributed by atoms with van der Waals surface area (Å²) in [6.07, 6.45) is 0.